The van der Waals surface area contributed by atoms with Crippen LogP contribution in [0.25, 0.3) is 0 Å². The third kappa shape index (κ3) is 8.98. The first-order valence-corrected chi connectivity index (χ1v) is 17.2. The number of benzene rings is 1. The summed E-state index contributed by atoms with van der Waals surface area (Å²) >= 11 is 0. The number of phenolic OH excluding ortho intramolecular Hbond substituents is 1. The van der Waals surface area contributed by atoms with Gasteiger partial charge in [-0.1, -0.05) is 40.0 Å². The minimum absolute atomic E-state index is 0.383. The van der Waals surface area contributed by atoms with Gasteiger partial charge in [-0.15, -0.1) is 0 Å². The highest BCUT2D eigenvalue weighted by atomic mass is 31.2. The van der Waals surface area contributed by atoms with Crippen molar-refractivity contribution in [1.82, 2.24) is 0 Å². The lowest BCUT2D eigenvalue weighted by molar-refractivity contribution is 0.313. The molecule has 0 atom stereocenters. The van der Waals surface area contributed by atoms with E-state index >= 15 is 0 Å². The molecule has 0 aromatic heterocycles. The Morgan fingerprint density at radius 3 is 1.93 bits per heavy atom. The third-order valence-corrected chi connectivity index (χ3v) is 13.6. The van der Waals surface area contributed by atoms with Gasteiger partial charge in [-0.25, -0.2) is 0 Å². The van der Waals surface area contributed by atoms with Crippen molar-refractivity contribution in [2.24, 2.45) is 0 Å². The predicted octanol–water partition coefficient (Wildman–Crippen LogP) is 7.06. The average molecular weight is 442 g/mol. The summed E-state index contributed by atoms with van der Waals surface area (Å²) in [5.74, 6) is 1.41. The lowest BCUT2D eigenvalue weighted by Gasteiger charge is -2.29. The standard InChI is InChI=1S/C24H45O3PSi/c1-7-10-17-28(18-11-8-2,19-12-9-3)24-21-22(25)14-15-23(24)27-16-13-20-29(5,6)26-4/h14-15,21H,7-13,16-20H2,1-6H3/p+1. The molecular formula is C24H46O3PSi+. The van der Waals surface area contributed by atoms with Crippen LogP contribution in [-0.4, -0.2) is 45.6 Å². The van der Waals surface area contributed by atoms with E-state index < -0.39 is 15.6 Å². The van der Waals surface area contributed by atoms with E-state index in [2.05, 4.69) is 33.9 Å². The zero-order valence-electron chi connectivity index (χ0n) is 19.9. The van der Waals surface area contributed by atoms with Crippen LogP contribution in [0.1, 0.15) is 65.7 Å². The van der Waals surface area contributed by atoms with Gasteiger partial charge in [-0.2, -0.15) is 0 Å². The summed E-state index contributed by atoms with van der Waals surface area (Å²) in [4.78, 5) is 0. The second-order valence-corrected chi connectivity index (χ2v) is 17.5. The van der Waals surface area contributed by atoms with Crippen LogP contribution in [0.3, 0.4) is 0 Å². The van der Waals surface area contributed by atoms with Gasteiger partial charge in [0.25, 0.3) is 0 Å². The highest BCUT2D eigenvalue weighted by Gasteiger charge is 2.41. The first kappa shape index (κ1) is 26.5. The van der Waals surface area contributed by atoms with Gasteiger partial charge >= 0.3 is 0 Å². The Kier molecular flexibility index (Phi) is 12.5. The second kappa shape index (κ2) is 13.7. The fourth-order valence-corrected chi connectivity index (χ4v) is 10.2. The van der Waals surface area contributed by atoms with Crippen molar-refractivity contribution in [2.75, 3.05) is 32.2 Å². The summed E-state index contributed by atoms with van der Waals surface area (Å²) in [6.45, 7) is 12.1. The van der Waals surface area contributed by atoms with Crippen molar-refractivity contribution < 1.29 is 14.3 Å². The normalized spacial score (nSPS) is 12.3. The molecule has 168 valence electrons. The average Bonchev–Trinajstić information content (AvgIpc) is 2.72. The molecule has 0 aliphatic rings. The molecule has 0 aliphatic heterocycles. The molecule has 0 fully saturated rings. The van der Waals surface area contributed by atoms with Crippen molar-refractivity contribution in [2.45, 2.75) is 84.9 Å². The van der Waals surface area contributed by atoms with Gasteiger partial charge in [-0.3, -0.25) is 0 Å². The van der Waals surface area contributed by atoms with Crippen LogP contribution in [0.2, 0.25) is 19.1 Å². The molecule has 0 spiro atoms. The van der Waals surface area contributed by atoms with Crippen molar-refractivity contribution in [1.29, 1.82) is 0 Å². The van der Waals surface area contributed by atoms with E-state index in [0.29, 0.717) is 5.75 Å². The number of hydrogen-bond donors (Lipinski definition) is 1. The van der Waals surface area contributed by atoms with Crippen LogP contribution in [0.15, 0.2) is 18.2 Å². The second-order valence-electron chi connectivity index (χ2n) is 8.94. The molecule has 5 heteroatoms. The minimum Gasteiger partial charge on any atom is -0.508 e. The number of unbranched alkanes of at least 4 members (excludes halogenated alkanes) is 3. The Hall–Kier alpha value is -0.573. The third-order valence-electron chi connectivity index (χ3n) is 6.01. The maximum Gasteiger partial charge on any atom is 0.186 e. The molecule has 0 radical (unpaired) electrons. The van der Waals surface area contributed by atoms with E-state index in [-0.39, 0.29) is 0 Å². The molecule has 0 heterocycles. The molecule has 29 heavy (non-hydrogen) atoms. The SMILES string of the molecule is CCCC[P+](CCCC)(CCCC)c1cc(O)ccc1OCCC[Si](C)(C)OC. The maximum atomic E-state index is 10.3. The van der Waals surface area contributed by atoms with Crippen molar-refractivity contribution in [3.63, 3.8) is 0 Å². The first-order valence-electron chi connectivity index (χ1n) is 11.7. The van der Waals surface area contributed by atoms with Crippen LogP contribution >= 0.6 is 7.26 Å². The molecule has 0 unspecified atom stereocenters. The van der Waals surface area contributed by atoms with Crippen molar-refractivity contribution >= 4 is 20.9 Å². The fraction of sp³-hybridized carbons (Fsp3) is 0.750. The Morgan fingerprint density at radius 2 is 1.45 bits per heavy atom. The van der Waals surface area contributed by atoms with E-state index in [9.17, 15) is 5.11 Å². The maximum absolute atomic E-state index is 10.3. The van der Waals surface area contributed by atoms with Gasteiger partial charge in [0.1, 0.15) is 11.1 Å². The van der Waals surface area contributed by atoms with Gasteiger partial charge < -0.3 is 14.3 Å². The highest BCUT2D eigenvalue weighted by molar-refractivity contribution is 7.83. The molecule has 1 rings (SSSR count). The fourth-order valence-electron chi connectivity index (χ4n) is 3.86. The van der Waals surface area contributed by atoms with Gasteiger partial charge in [0.2, 0.25) is 0 Å². The van der Waals surface area contributed by atoms with E-state index in [1.165, 1.54) is 62.3 Å². The smallest absolute Gasteiger partial charge is 0.186 e. The van der Waals surface area contributed by atoms with Crippen molar-refractivity contribution in [3.8, 4) is 11.5 Å². The van der Waals surface area contributed by atoms with Gasteiger partial charge in [0, 0.05) is 13.2 Å². The van der Waals surface area contributed by atoms with Gasteiger partial charge in [0.05, 0.1) is 32.4 Å². The van der Waals surface area contributed by atoms with E-state index in [0.717, 1.165) is 24.8 Å². The zero-order valence-corrected chi connectivity index (χ0v) is 21.8. The van der Waals surface area contributed by atoms with Crippen LogP contribution < -0.4 is 10.0 Å². The van der Waals surface area contributed by atoms with E-state index in [1.807, 2.05) is 19.2 Å². The molecule has 1 aromatic rings. The van der Waals surface area contributed by atoms with Gasteiger partial charge in [-0.05, 0) is 57.0 Å². The van der Waals surface area contributed by atoms with Crippen LogP contribution in [0, 0.1) is 0 Å². The molecular weight excluding hydrogens is 395 g/mol. The van der Waals surface area contributed by atoms with Crippen LogP contribution in [0.5, 0.6) is 11.5 Å². The number of rotatable bonds is 16. The molecule has 0 saturated heterocycles. The summed E-state index contributed by atoms with van der Waals surface area (Å²) in [7, 11) is -1.06. The van der Waals surface area contributed by atoms with Crippen molar-refractivity contribution in [3.05, 3.63) is 18.2 Å². The molecule has 0 amide bonds. The number of aromatic hydroxyl groups is 1. The van der Waals surface area contributed by atoms with Crippen LogP contribution in [-0.2, 0) is 4.43 Å². The molecule has 0 bridgehead atoms. The summed E-state index contributed by atoms with van der Waals surface area (Å²) < 4.78 is 12.0. The monoisotopic (exact) mass is 441 g/mol. The Bertz CT molecular complexity index is 555. The van der Waals surface area contributed by atoms with E-state index in [4.69, 9.17) is 9.16 Å². The summed E-state index contributed by atoms with van der Waals surface area (Å²) in [5, 5.41) is 11.7. The van der Waals surface area contributed by atoms with Crippen LogP contribution in [0.4, 0.5) is 0 Å². The molecule has 1 aromatic carbocycles. The lowest BCUT2D eigenvalue weighted by Crippen LogP contribution is -2.29. The largest absolute Gasteiger partial charge is 0.508 e. The number of hydrogen-bond acceptors (Lipinski definition) is 3. The predicted molar refractivity (Wildman–Crippen MR) is 133 cm³/mol. The summed E-state index contributed by atoms with van der Waals surface area (Å²) in [6.07, 6.45) is 12.4. The summed E-state index contributed by atoms with van der Waals surface area (Å²) in [5.41, 5.74) is 0. The highest BCUT2D eigenvalue weighted by Crippen LogP contribution is 2.61. The van der Waals surface area contributed by atoms with Gasteiger partial charge in [0.15, 0.2) is 14.1 Å². The summed E-state index contributed by atoms with van der Waals surface area (Å²) in [6, 6.07) is 6.96. The molecule has 0 saturated carbocycles. The topological polar surface area (TPSA) is 38.7 Å². The Labute approximate surface area is 182 Å². The van der Waals surface area contributed by atoms with E-state index in [1.54, 1.807) is 6.07 Å². The Morgan fingerprint density at radius 1 is 0.897 bits per heavy atom. The zero-order chi connectivity index (χ0) is 21.8. The molecule has 3 nitrogen and oxygen atoms in total. The lowest BCUT2D eigenvalue weighted by atomic mass is 10.3. The molecule has 1 N–H and O–H groups in total. The number of ether oxygens (including phenoxy) is 1. The number of phenols is 1. The Balaban J connectivity index is 3.12. The quantitative estimate of drug-likeness (QED) is 0.170. The minimum atomic E-state index is -1.54. The molecule has 0 aliphatic carbocycles. The first-order chi connectivity index (χ1) is 13.8.